The van der Waals surface area contributed by atoms with Crippen molar-refractivity contribution < 1.29 is 23.7 Å². The maximum atomic E-state index is 13.3. The molecule has 3 aromatic rings. The number of hydrogen-bond donors (Lipinski definition) is 2. The number of amides is 2. The summed E-state index contributed by atoms with van der Waals surface area (Å²) < 4.78 is 21.9. The Bertz CT molecular complexity index is 1230. The number of nitrogens with one attached hydrogen (secondary N) is 2. The summed E-state index contributed by atoms with van der Waals surface area (Å²) in [5.74, 6) is 1.79. The number of methoxy groups -OCH3 is 1. The number of pyridine rings is 1. The zero-order chi connectivity index (χ0) is 22.8. The summed E-state index contributed by atoms with van der Waals surface area (Å²) in [6.07, 6.45) is 1.76. The molecule has 9 nitrogen and oxygen atoms in total. The van der Waals surface area contributed by atoms with Crippen molar-refractivity contribution in [3.8, 4) is 17.2 Å². The molecule has 9 heteroatoms. The van der Waals surface area contributed by atoms with Crippen LogP contribution < -0.4 is 25.1 Å². The summed E-state index contributed by atoms with van der Waals surface area (Å²) in [5.41, 5.74) is 1.41. The lowest BCUT2D eigenvalue weighted by Gasteiger charge is -2.26. The first-order valence-corrected chi connectivity index (χ1v) is 10.9. The van der Waals surface area contributed by atoms with Crippen LogP contribution in [-0.4, -0.2) is 49.1 Å². The van der Waals surface area contributed by atoms with Gasteiger partial charge < -0.3 is 34.1 Å². The number of nitrogens with zero attached hydrogens (tertiary/aromatic N) is 1. The molecule has 1 atom stereocenters. The van der Waals surface area contributed by atoms with Gasteiger partial charge >= 0.3 is 6.03 Å². The first kappa shape index (κ1) is 21.1. The van der Waals surface area contributed by atoms with E-state index in [1.54, 1.807) is 36.3 Å². The number of ether oxygens (including phenoxy) is 4. The molecule has 1 aromatic heterocycles. The Morgan fingerprint density at radius 1 is 1.21 bits per heavy atom. The molecule has 0 radical (unpaired) electrons. The minimum atomic E-state index is -0.333. The summed E-state index contributed by atoms with van der Waals surface area (Å²) >= 11 is 0. The fourth-order valence-corrected chi connectivity index (χ4v) is 4.16. The zero-order valence-corrected chi connectivity index (χ0v) is 18.3. The lowest BCUT2D eigenvalue weighted by molar-refractivity contribution is 0.0818. The number of hydrogen-bond acceptors (Lipinski definition) is 6. The average molecular weight is 451 g/mol. The highest BCUT2D eigenvalue weighted by Gasteiger charge is 2.25. The fraction of sp³-hybridized carbons (Fsp3) is 0.333. The zero-order valence-electron chi connectivity index (χ0n) is 18.3. The number of urea groups is 1. The average Bonchev–Trinajstić information content (AvgIpc) is 3.49. The van der Waals surface area contributed by atoms with Gasteiger partial charge in [-0.2, -0.15) is 0 Å². The second-order valence-electron chi connectivity index (χ2n) is 8.06. The molecule has 2 aliphatic rings. The molecule has 0 saturated carbocycles. The Balaban J connectivity index is 1.43. The van der Waals surface area contributed by atoms with Crippen LogP contribution in [0.2, 0.25) is 0 Å². The Morgan fingerprint density at radius 3 is 2.82 bits per heavy atom. The van der Waals surface area contributed by atoms with Gasteiger partial charge in [-0.25, -0.2) is 4.79 Å². The number of carbonyl (C=O) groups excluding carboxylic acids is 1. The summed E-state index contributed by atoms with van der Waals surface area (Å²) in [6, 6.07) is 12.2. The van der Waals surface area contributed by atoms with E-state index < -0.39 is 0 Å². The number of aromatic nitrogens is 1. The van der Waals surface area contributed by atoms with Crippen LogP contribution in [0.25, 0.3) is 10.9 Å². The molecule has 1 saturated heterocycles. The largest absolute Gasteiger partial charge is 0.495 e. The summed E-state index contributed by atoms with van der Waals surface area (Å²) in [7, 11) is 1.55. The quantitative estimate of drug-likeness (QED) is 0.595. The summed E-state index contributed by atoms with van der Waals surface area (Å²) in [5, 5.41) is 3.71. The van der Waals surface area contributed by atoms with Crippen LogP contribution >= 0.6 is 0 Å². The Kier molecular flexibility index (Phi) is 5.78. The molecular formula is C24H25N3O6. The van der Waals surface area contributed by atoms with E-state index in [0.717, 1.165) is 18.2 Å². The minimum Gasteiger partial charge on any atom is -0.495 e. The van der Waals surface area contributed by atoms with Gasteiger partial charge in [0.2, 0.25) is 6.79 Å². The molecule has 1 unspecified atom stereocenters. The SMILES string of the molecule is COc1ccccc1NC(=O)N(Cc1cc2cc3c(cc2[nH]c1=O)OCO3)CC1CCCO1. The number of H-pyrrole nitrogens is 1. The van der Waals surface area contributed by atoms with Gasteiger partial charge in [0.25, 0.3) is 5.56 Å². The second kappa shape index (κ2) is 9.03. The second-order valence-corrected chi connectivity index (χ2v) is 8.06. The Hall–Kier alpha value is -3.72. The van der Waals surface area contributed by atoms with Crippen LogP contribution in [0.1, 0.15) is 18.4 Å². The lowest BCUT2D eigenvalue weighted by atomic mass is 10.1. The van der Waals surface area contributed by atoms with Gasteiger partial charge in [-0.3, -0.25) is 4.79 Å². The molecule has 2 N–H and O–H groups in total. The van der Waals surface area contributed by atoms with E-state index in [4.69, 9.17) is 18.9 Å². The van der Waals surface area contributed by atoms with Crippen molar-refractivity contribution in [2.45, 2.75) is 25.5 Å². The molecule has 3 heterocycles. The van der Waals surface area contributed by atoms with Gasteiger partial charge in [-0.05, 0) is 37.1 Å². The molecule has 1 fully saturated rings. The first-order valence-electron chi connectivity index (χ1n) is 10.9. The van der Waals surface area contributed by atoms with Crippen LogP contribution in [0.5, 0.6) is 17.2 Å². The number of carbonyl (C=O) groups is 1. The van der Waals surface area contributed by atoms with E-state index in [1.807, 2.05) is 18.2 Å². The molecule has 172 valence electrons. The molecule has 33 heavy (non-hydrogen) atoms. The molecule has 5 rings (SSSR count). The van der Waals surface area contributed by atoms with E-state index in [9.17, 15) is 9.59 Å². The monoisotopic (exact) mass is 451 g/mol. The molecular weight excluding hydrogens is 426 g/mol. The number of aromatic amines is 1. The standard InChI is InChI=1S/C24H25N3O6/c1-30-20-7-3-2-6-18(20)26-24(29)27(13-17-5-4-8-31-17)12-16-9-15-10-21-22(33-14-32-21)11-19(15)25-23(16)28/h2-3,6-7,9-11,17H,4-5,8,12-14H2,1H3,(H,25,28)(H,26,29). The third-order valence-electron chi connectivity index (χ3n) is 5.86. The van der Waals surface area contributed by atoms with Crippen molar-refractivity contribution in [1.82, 2.24) is 9.88 Å². The van der Waals surface area contributed by atoms with Crippen molar-refractivity contribution in [3.63, 3.8) is 0 Å². The van der Waals surface area contributed by atoms with Crippen LogP contribution in [0.4, 0.5) is 10.5 Å². The highest BCUT2D eigenvalue weighted by molar-refractivity contribution is 5.91. The minimum absolute atomic E-state index is 0.0678. The van der Waals surface area contributed by atoms with E-state index >= 15 is 0 Å². The maximum absolute atomic E-state index is 13.3. The van der Waals surface area contributed by atoms with E-state index in [0.29, 0.717) is 47.2 Å². The summed E-state index contributed by atoms with van der Waals surface area (Å²) in [6.45, 7) is 1.33. The normalized spacial score (nSPS) is 16.7. The van der Waals surface area contributed by atoms with E-state index in [2.05, 4.69) is 10.3 Å². The number of rotatable bonds is 6. The highest BCUT2D eigenvalue weighted by Crippen LogP contribution is 2.35. The summed E-state index contributed by atoms with van der Waals surface area (Å²) in [4.78, 5) is 30.6. The van der Waals surface area contributed by atoms with Crippen molar-refractivity contribution in [2.75, 3.05) is 32.4 Å². The highest BCUT2D eigenvalue weighted by atomic mass is 16.7. The van der Waals surface area contributed by atoms with Gasteiger partial charge in [-0.1, -0.05) is 12.1 Å². The van der Waals surface area contributed by atoms with Crippen LogP contribution in [0.15, 0.2) is 47.3 Å². The number of anilines is 1. The molecule has 2 amide bonds. The number of fused-ring (bicyclic) bond motifs is 2. The van der Waals surface area contributed by atoms with E-state index in [1.165, 1.54) is 0 Å². The number of para-hydroxylation sites is 2. The molecule has 0 aliphatic carbocycles. The van der Waals surface area contributed by atoms with Gasteiger partial charge in [-0.15, -0.1) is 0 Å². The molecule has 2 aromatic carbocycles. The van der Waals surface area contributed by atoms with Crippen molar-refractivity contribution >= 4 is 22.6 Å². The van der Waals surface area contributed by atoms with Gasteiger partial charge in [0.15, 0.2) is 11.5 Å². The molecule has 0 bridgehead atoms. The number of benzene rings is 2. The fourth-order valence-electron chi connectivity index (χ4n) is 4.16. The topological polar surface area (TPSA) is 102 Å². The van der Waals surface area contributed by atoms with E-state index in [-0.39, 0.29) is 31.0 Å². The van der Waals surface area contributed by atoms with Crippen molar-refractivity contribution in [1.29, 1.82) is 0 Å². The predicted molar refractivity (Wildman–Crippen MR) is 122 cm³/mol. The Labute approximate surface area is 190 Å². The third-order valence-corrected chi connectivity index (χ3v) is 5.86. The maximum Gasteiger partial charge on any atom is 0.322 e. The first-order chi connectivity index (χ1) is 16.1. The van der Waals surface area contributed by atoms with Gasteiger partial charge in [0.1, 0.15) is 5.75 Å². The van der Waals surface area contributed by atoms with Gasteiger partial charge in [0, 0.05) is 30.2 Å². The van der Waals surface area contributed by atoms with Crippen LogP contribution in [0, 0.1) is 0 Å². The van der Waals surface area contributed by atoms with Gasteiger partial charge in [0.05, 0.1) is 31.0 Å². The third kappa shape index (κ3) is 4.45. The lowest BCUT2D eigenvalue weighted by Crippen LogP contribution is -2.40. The Morgan fingerprint density at radius 2 is 2.03 bits per heavy atom. The van der Waals surface area contributed by atoms with Crippen LogP contribution in [-0.2, 0) is 11.3 Å². The van der Waals surface area contributed by atoms with Crippen molar-refractivity contribution in [3.05, 3.63) is 58.4 Å². The molecule has 2 aliphatic heterocycles. The smallest absolute Gasteiger partial charge is 0.322 e. The van der Waals surface area contributed by atoms with Crippen LogP contribution in [0.3, 0.4) is 0 Å². The molecule has 0 spiro atoms. The van der Waals surface area contributed by atoms with Crippen molar-refractivity contribution in [2.24, 2.45) is 0 Å². The predicted octanol–water partition coefficient (Wildman–Crippen LogP) is 3.48.